The molecule has 1 aliphatic heterocycles. The number of ether oxygens (including phenoxy) is 1. The minimum absolute atomic E-state index is 0.141. The van der Waals surface area contributed by atoms with Gasteiger partial charge in [-0.2, -0.15) is 0 Å². The van der Waals surface area contributed by atoms with Crippen LogP contribution in [-0.2, 0) is 14.8 Å². The van der Waals surface area contributed by atoms with E-state index in [1.807, 2.05) is 13.8 Å². The molecule has 0 bridgehead atoms. The fraction of sp³-hybridized carbons (Fsp3) is 1.00. The monoisotopic (exact) mass is 306 g/mol. The molecule has 20 heavy (non-hydrogen) atoms. The molecule has 5 nitrogen and oxygen atoms in total. The molecule has 1 fully saturated rings. The van der Waals surface area contributed by atoms with Gasteiger partial charge in [0.1, 0.15) is 0 Å². The van der Waals surface area contributed by atoms with Crippen LogP contribution in [0, 0.1) is 0 Å². The van der Waals surface area contributed by atoms with E-state index in [4.69, 9.17) is 4.74 Å². The molecule has 0 spiro atoms. The van der Waals surface area contributed by atoms with Gasteiger partial charge in [-0.25, -0.2) is 12.7 Å². The number of hydrogen-bond donors (Lipinski definition) is 1. The molecule has 0 unspecified atom stereocenters. The van der Waals surface area contributed by atoms with Gasteiger partial charge in [-0.15, -0.1) is 0 Å². The van der Waals surface area contributed by atoms with Crippen LogP contribution in [0.25, 0.3) is 0 Å². The summed E-state index contributed by atoms with van der Waals surface area (Å²) in [5.41, 5.74) is -0.415. The van der Waals surface area contributed by atoms with Crippen molar-refractivity contribution in [3.05, 3.63) is 0 Å². The van der Waals surface area contributed by atoms with Gasteiger partial charge in [0.05, 0.1) is 17.0 Å². The minimum atomic E-state index is -3.15. The van der Waals surface area contributed by atoms with Crippen molar-refractivity contribution in [3.63, 3.8) is 0 Å². The quantitative estimate of drug-likeness (QED) is 0.776. The van der Waals surface area contributed by atoms with E-state index in [2.05, 4.69) is 33.0 Å². The predicted octanol–water partition coefficient (Wildman–Crippen LogP) is 1.59. The number of rotatable bonds is 7. The first-order chi connectivity index (χ1) is 9.04. The second kappa shape index (κ2) is 6.30. The van der Waals surface area contributed by atoms with Crippen LogP contribution in [0.4, 0.5) is 0 Å². The van der Waals surface area contributed by atoms with Gasteiger partial charge >= 0.3 is 0 Å². The van der Waals surface area contributed by atoms with E-state index < -0.39 is 10.0 Å². The van der Waals surface area contributed by atoms with Gasteiger partial charge in [0.2, 0.25) is 10.0 Å². The summed E-state index contributed by atoms with van der Waals surface area (Å²) in [6, 6.07) is 0.185. The summed E-state index contributed by atoms with van der Waals surface area (Å²) >= 11 is 0. The molecule has 0 aromatic rings. The Labute approximate surface area is 124 Å². The van der Waals surface area contributed by atoms with E-state index in [-0.39, 0.29) is 23.0 Å². The molecule has 1 saturated heterocycles. The molecule has 0 aromatic heterocycles. The fourth-order valence-corrected chi connectivity index (χ4v) is 4.41. The van der Waals surface area contributed by atoms with E-state index in [1.54, 1.807) is 0 Å². The third-order valence-electron chi connectivity index (χ3n) is 3.92. The largest absolute Gasteiger partial charge is 0.368 e. The van der Waals surface area contributed by atoms with Crippen LogP contribution in [0.5, 0.6) is 0 Å². The average Bonchev–Trinajstić information content (AvgIpc) is 2.47. The third kappa shape index (κ3) is 4.41. The molecule has 0 aliphatic carbocycles. The Balaban J connectivity index is 2.53. The second-order valence-corrected chi connectivity index (χ2v) is 8.66. The standard InChI is InChI=1S/C14H30N2O3S/c1-7-16(8-2)20(17,18)10-9-15-12-11-13(3,4)19-14(12,5)6/h12,15H,7-11H2,1-6H3/t12-/m0/s1. The van der Waals surface area contributed by atoms with Crippen molar-refractivity contribution in [2.75, 3.05) is 25.4 Å². The van der Waals surface area contributed by atoms with Crippen molar-refractivity contribution in [1.82, 2.24) is 9.62 Å². The second-order valence-electron chi connectivity index (χ2n) is 6.58. The number of nitrogens with zero attached hydrogens (tertiary/aromatic N) is 1. The first kappa shape index (κ1) is 17.9. The summed E-state index contributed by atoms with van der Waals surface area (Å²) in [4.78, 5) is 0. The highest BCUT2D eigenvalue weighted by molar-refractivity contribution is 7.89. The van der Waals surface area contributed by atoms with Crippen molar-refractivity contribution in [2.24, 2.45) is 0 Å². The van der Waals surface area contributed by atoms with Gasteiger partial charge in [-0.05, 0) is 34.1 Å². The summed E-state index contributed by atoms with van der Waals surface area (Å²) in [6.45, 7) is 13.5. The number of hydrogen-bond acceptors (Lipinski definition) is 4. The lowest BCUT2D eigenvalue weighted by atomic mass is 9.94. The summed E-state index contributed by atoms with van der Waals surface area (Å²) in [7, 11) is -3.15. The molecule has 1 rings (SSSR count). The normalized spacial score (nSPS) is 25.2. The molecule has 0 aromatic carbocycles. The molecule has 1 atom stereocenters. The Morgan fingerprint density at radius 2 is 1.75 bits per heavy atom. The Kier molecular flexibility index (Phi) is 5.63. The van der Waals surface area contributed by atoms with Crippen LogP contribution in [0.2, 0.25) is 0 Å². The van der Waals surface area contributed by atoms with Gasteiger partial charge in [0.15, 0.2) is 0 Å². The zero-order chi connectivity index (χ0) is 15.6. The molecule has 6 heteroatoms. The van der Waals surface area contributed by atoms with Gasteiger partial charge in [-0.3, -0.25) is 0 Å². The van der Waals surface area contributed by atoms with Gasteiger partial charge in [0.25, 0.3) is 0 Å². The topological polar surface area (TPSA) is 58.6 Å². The molecule has 0 amide bonds. The van der Waals surface area contributed by atoms with Crippen molar-refractivity contribution < 1.29 is 13.2 Å². The zero-order valence-corrected chi connectivity index (χ0v) is 14.5. The van der Waals surface area contributed by atoms with E-state index in [0.717, 1.165) is 6.42 Å². The van der Waals surface area contributed by atoms with Crippen LogP contribution < -0.4 is 5.32 Å². The van der Waals surface area contributed by atoms with Crippen molar-refractivity contribution in [1.29, 1.82) is 0 Å². The summed E-state index contributed by atoms with van der Waals surface area (Å²) in [6.07, 6.45) is 0.894. The summed E-state index contributed by atoms with van der Waals surface area (Å²) < 4.78 is 31.7. The molecule has 1 aliphatic rings. The fourth-order valence-electron chi connectivity index (χ4n) is 2.99. The highest BCUT2D eigenvalue weighted by Gasteiger charge is 2.45. The van der Waals surface area contributed by atoms with Crippen LogP contribution in [0.15, 0.2) is 0 Å². The maximum absolute atomic E-state index is 12.1. The Morgan fingerprint density at radius 3 is 2.15 bits per heavy atom. The highest BCUT2D eigenvalue weighted by atomic mass is 32.2. The number of nitrogens with one attached hydrogen (secondary N) is 1. The molecule has 120 valence electrons. The molecule has 1 N–H and O–H groups in total. The first-order valence-corrected chi connectivity index (χ1v) is 9.06. The van der Waals surface area contributed by atoms with Crippen LogP contribution in [0.3, 0.4) is 0 Å². The zero-order valence-electron chi connectivity index (χ0n) is 13.7. The Morgan fingerprint density at radius 1 is 1.20 bits per heavy atom. The molecule has 0 radical (unpaired) electrons. The van der Waals surface area contributed by atoms with Crippen LogP contribution >= 0.6 is 0 Å². The molecular weight excluding hydrogens is 276 g/mol. The summed E-state index contributed by atoms with van der Waals surface area (Å²) in [5.74, 6) is 0.141. The maximum Gasteiger partial charge on any atom is 0.215 e. The smallest absolute Gasteiger partial charge is 0.215 e. The van der Waals surface area contributed by atoms with Crippen molar-refractivity contribution >= 4 is 10.0 Å². The van der Waals surface area contributed by atoms with Gasteiger partial charge in [-0.1, -0.05) is 13.8 Å². The maximum atomic E-state index is 12.1. The lowest BCUT2D eigenvalue weighted by molar-refractivity contribution is -0.0696. The number of sulfonamides is 1. The lowest BCUT2D eigenvalue weighted by Crippen LogP contribution is -2.46. The van der Waals surface area contributed by atoms with E-state index >= 15 is 0 Å². The molecule has 1 heterocycles. The summed E-state index contributed by atoms with van der Waals surface area (Å²) in [5, 5.41) is 3.36. The minimum Gasteiger partial charge on any atom is -0.368 e. The highest BCUT2D eigenvalue weighted by Crippen LogP contribution is 2.37. The van der Waals surface area contributed by atoms with Crippen LogP contribution in [-0.4, -0.2) is 55.4 Å². The SMILES string of the molecule is CCN(CC)S(=O)(=O)CCN[C@H]1CC(C)(C)OC1(C)C. The third-order valence-corrected chi connectivity index (χ3v) is 5.95. The Hall–Kier alpha value is -0.170. The van der Waals surface area contributed by atoms with Gasteiger partial charge in [0, 0.05) is 25.7 Å². The average molecular weight is 306 g/mol. The van der Waals surface area contributed by atoms with Crippen molar-refractivity contribution in [3.8, 4) is 0 Å². The molecule has 0 saturated carbocycles. The Bertz CT molecular complexity index is 414. The van der Waals surface area contributed by atoms with E-state index in [1.165, 1.54) is 4.31 Å². The van der Waals surface area contributed by atoms with E-state index in [9.17, 15) is 8.42 Å². The van der Waals surface area contributed by atoms with E-state index in [0.29, 0.717) is 19.6 Å². The first-order valence-electron chi connectivity index (χ1n) is 7.45. The van der Waals surface area contributed by atoms with Crippen LogP contribution in [0.1, 0.15) is 48.0 Å². The van der Waals surface area contributed by atoms with Gasteiger partial charge < -0.3 is 10.1 Å². The predicted molar refractivity (Wildman–Crippen MR) is 82.4 cm³/mol. The van der Waals surface area contributed by atoms with Crippen molar-refractivity contribution in [2.45, 2.75) is 65.2 Å². The molecular formula is C14H30N2O3S. The lowest BCUT2D eigenvalue weighted by Gasteiger charge is -2.28.